The molecule has 1 aromatic heterocycles. The first-order valence-corrected chi connectivity index (χ1v) is 12.0. The van der Waals surface area contributed by atoms with E-state index < -0.39 is 21.4 Å². The second-order valence-corrected chi connectivity index (χ2v) is 11.5. The molecule has 160 valence electrons. The first-order chi connectivity index (χ1) is 13.4. The molecule has 8 heteroatoms. The predicted molar refractivity (Wildman–Crippen MR) is 115 cm³/mol. The van der Waals surface area contributed by atoms with Crippen molar-refractivity contribution >= 4 is 27.0 Å². The van der Waals surface area contributed by atoms with E-state index in [2.05, 4.69) is 4.98 Å². The third-order valence-electron chi connectivity index (χ3n) is 4.52. The van der Waals surface area contributed by atoms with Gasteiger partial charge in [0.2, 0.25) is 14.2 Å². The number of rotatable bonds is 9. The summed E-state index contributed by atoms with van der Waals surface area (Å²) in [4.78, 5) is 19.5. The Bertz CT molecular complexity index is 951. The summed E-state index contributed by atoms with van der Waals surface area (Å²) in [5.41, 5.74) is 2.24. The van der Waals surface area contributed by atoms with Crippen LogP contribution in [0, 0.1) is 5.82 Å². The lowest BCUT2D eigenvalue weighted by Gasteiger charge is -2.19. The molecule has 0 fully saturated rings. The second kappa shape index (κ2) is 9.45. The second-order valence-electron chi connectivity index (χ2n) is 8.18. The van der Waals surface area contributed by atoms with E-state index in [0.29, 0.717) is 6.54 Å². The normalized spacial score (nSPS) is 12.3. The summed E-state index contributed by atoms with van der Waals surface area (Å²) in [6.45, 7) is 8.33. The minimum atomic E-state index is -3.80. The van der Waals surface area contributed by atoms with E-state index in [-0.39, 0.29) is 28.4 Å². The van der Waals surface area contributed by atoms with Crippen LogP contribution < -0.4 is 0 Å². The highest BCUT2D eigenvalue weighted by molar-refractivity contribution is 7.94. The molecule has 0 bridgehead atoms. The maximum Gasteiger partial charge on any atom is 0.212 e. The monoisotopic (exact) mass is 440 g/mol. The molecule has 0 aliphatic rings. The van der Waals surface area contributed by atoms with Crippen LogP contribution in [0.1, 0.15) is 61.1 Å². The molecule has 0 radical (unpaired) electrons. The summed E-state index contributed by atoms with van der Waals surface area (Å²) in [6.07, 6.45) is 1.51. The van der Waals surface area contributed by atoms with Crippen LogP contribution in [0.3, 0.4) is 0 Å². The van der Waals surface area contributed by atoms with Gasteiger partial charge in [0.15, 0.2) is 5.78 Å². The number of carbonyl (C=O) groups is 1. The fourth-order valence-electron chi connectivity index (χ4n) is 3.25. The highest BCUT2D eigenvalue weighted by Gasteiger charge is 2.25. The minimum Gasteiger partial charge on any atom is -0.304 e. The van der Waals surface area contributed by atoms with E-state index in [1.807, 2.05) is 46.7 Å². The van der Waals surface area contributed by atoms with Gasteiger partial charge < -0.3 is 4.90 Å². The molecule has 5 nitrogen and oxygen atoms in total. The van der Waals surface area contributed by atoms with Gasteiger partial charge in [0.05, 0.1) is 0 Å². The molecule has 1 heterocycles. The van der Waals surface area contributed by atoms with Crippen LogP contribution in [0.25, 0.3) is 0 Å². The van der Waals surface area contributed by atoms with E-state index in [4.69, 9.17) is 0 Å². The molecule has 29 heavy (non-hydrogen) atoms. The lowest BCUT2D eigenvalue weighted by molar-refractivity contribution is -0.116. The summed E-state index contributed by atoms with van der Waals surface area (Å²) in [5, 5.41) is 0. The third-order valence-corrected chi connectivity index (χ3v) is 7.65. The summed E-state index contributed by atoms with van der Waals surface area (Å²) in [5.74, 6) is -1.30. The molecule has 0 N–H and O–H groups in total. The molecule has 0 aliphatic heterocycles. The van der Waals surface area contributed by atoms with Gasteiger partial charge in [-0.05, 0) is 54.8 Å². The van der Waals surface area contributed by atoms with Crippen LogP contribution in [-0.4, -0.2) is 43.9 Å². The number of sulfone groups is 1. The Morgan fingerprint density at radius 3 is 2.17 bits per heavy atom. The van der Waals surface area contributed by atoms with E-state index in [9.17, 15) is 17.6 Å². The number of nitrogens with zero attached hydrogens (tertiary/aromatic N) is 2. The molecule has 0 amide bonds. The van der Waals surface area contributed by atoms with E-state index in [0.717, 1.165) is 32.9 Å². The summed E-state index contributed by atoms with van der Waals surface area (Å²) >= 11 is 1.09. The molecule has 0 atom stereocenters. The van der Waals surface area contributed by atoms with Crippen molar-refractivity contribution in [3.8, 4) is 0 Å². The highest BCUT2D eigenvalue weighted by atomic mass is 32.2. The zero-order valence-corrected chi connectivity index (χ0v) is 19.5. The van der Waals surface area contributed by atoms with Crippen LogP contribution in [0.2, 0.25) is 0 Å². The first-order valence-electron chi connectivity index (χ1n) is 9.56. The number of benzene rings is 1. The average Bonchev–Trinajstić information content (AvgIpc) is 3.03. The van der Waals surface area contributed by atoms with E-state index >= 15 is 0 Å². The van der Waals surface area contributed by atoms with Gasteiger partial charge in [-0.15, -0.1) is 11.3 Å². The Hall–Kier alpha value is -1.64. The maximum atomic E-state index is 14.1. The molecule has 0 saturated heterocycles. The SMILES string of the molecule is CC(C)c1cc(F)cc(C(C)C)c1CC(=O)CS(=O)(=O)c1ncc(CN(C)C)s1. The molecule has 2 aromatic rings. The van der Waals surface area contributed by atoms with Crippen molar-refractivity contribution in [3.05, 3.63) is 45.7 Å². The number of carbonyl (C=O) groups excluding carboxylic acids is 1. The van der Waals surface area contributed by atoms with Crippen molar-refractivity contribution in [2.75, 3.05) is 19.8 Å². The van der Waals surface area contributed by atoms with Crippen LogP contribution >= 0.6 is 11.3 Å². The Morgan fingerprint density at radius 2 is 1.69 bits per heavy atom. The summed E-state index contributed by atoms with van der Waals surface area (Å²) < 4.78 is 39.4. The van der Waals surface area contributed by atoms with Gasteiger partial charge in [-0.1, -0.05) is 27.7 Å². The van der Waals surface area contributed by atoms with Crippen LogP contribution in [0.5, 0.6) is 0 Å². The zero-order chi connectivity index (χ0) is 21.9. The molecular formula is C21H29FN2O3S2. The number of aromatic nitrogens is 1. The van der Waals surface area contributed by atoms with Crippen LogP contribution in [0.4, 0.5) is 4.39 Å². The fourth-order valence-corrected chi connectivity index (χ4v) is 5.88. The number of hydrogen-bond donors (Lipinski definition) is 0. The molecule has 0 saturated carbocycles. The number of hydrogen-bond acceptors (Lipinski definition) is 6. The van der Waals surface area contributed by atoms with Crippen LogP contribution in [-0.2, 0) is 27.6 Å². The zero-order valence-electron chi connectivity index (χ0n) is 17.8. The van der Waals surface area contributed by atoms with Gasteiger partial charge in [0.1, 0.15) is 11.6 Å². The number of ketones is 1. The Labute approximate surface area is 176 Å². The van der Waals surface area contributed by atoms with E-state index in [1.165, 1.54) is 18.3 Å². The molecule has 1 aromatic carbocycles. The van der Waals surface area contributed by atoms with Gasteiger partial charge in [-0.3, -0.25) is 4.79 Å². The van der Waals surface area contributed by atoms with Crippen molar-refractivity contribution in [2.24, 2.45) is 0 Å². The van der Waals surface area contributed by atoms with E-state index in [1.54, 1.807) is 0 Å². The van der Waals surface area contributed by atoms with Crippen molar-refractivity contribution in [3.63, 3.8) is 0 Å². The molecule has 0 aliphatic carbocycles. The Kier molecular flexibility index (Phi) is 7.70. The quantitative estimate of drug-likeness (QED) is 0.585. The topological polar surface area (TPSA) is 67.3 Å². The molecule has 2 rings (SSSR count). The largest absolute Gasteiger partial charge is 0.304 e. The van der Waals surface area contributed by atoms with Crippen molar-refractivity contribution in [1.29, 1.82) is 0 Å². The van der Waals surface area contributed by atoms with Gasteiger partial charge >= 0.3 is 0 Å². The fraction of sp³-hybridized carbons (Fsp3) is 0.524. The van der Waals surface area contributed by atoms with Crippen molar-refractivity contribution in [1.82, 2.24) is 9.88 Å². The molecular weight excluding hydrogens is 411 g/mol. The van der Waals surface area contributed by atoms with Gasteiger partial charge in [-0.25, -0.2) is 17.8 Å². The summed E-state index contributed by atoms with van der Waals surface area (Å²) in [7, 11) is -0.0284. The molecule has 0 spiro atoms. The van der Waals surface area contributed by atoms with Crippen molar-refractivity contribution in [2.45, 2.75) is 56.8 Å². The highest BCUT2D eigenvalue weighted by Crippen LogP contribution is 2.30. The smallest absolute Gasteiger partial charge is 0.212 e. The summed E-state index contributed by atoms with van der Waals surface area (Å²) in [6, 6.07) is 2.89. The van der Waals surface area contributed by atoms with Gasteiger partial charge in [0, 0.05) is 24.0 Å². The maximum absolute atomic E-state index is 14.1. The van der Waals surface area contributed by atoms with Gasteiger partial charge in [0.25, 0.3) is 0 Å². The minimum absolute atomic E-state index is 0.0233. The Morgan fingerprint density at radius 1 is 1.14 bits per heavy atom. The first kappa shape index (κ1) is 23.6. The Balaban J connectivity index is 2.27. The predicted octanol–water partition coefficient (Wildman–Crippen LogP) is 4.18. The number of halogens is 1. The number of Topliss-reactive ketones (excluding diaryl/α,β-unsaturated/α-hetero) is 1. The number of thiazole rings is 1. The lowest BCUT2D eigenvalue weighted by Crippen LogP contribution is -2.20. The third kappa shape index (κ3) is 6.17. The average molecular weight is 441 g/mol. The van der Waals surface area contributed by atoms with Gasteiger partial charge in [-0.2, -0.15) is 0 Å². The van der Waals surface area contributed by atoms with Crippen molar-refractivity contribution < 1.29 is 17.6 Å². The standard InChI is InChI=1S/C21H29FN2O3S2/c1-13(2)18-7-15(22)8-19(14(3)4)20(18)9-16(25)12-29(26,27)21-23-10-17(28-21)11-24(5)6/h7-8,10,13-14H,9,11-12H2,1-6H3. The molecule has 0 unspecified atom stereocenters. The lowest BCUT2D eigenvalue weighted by atomic mass is 9.86. The van der Waals surface area contributed by atoms with Crippen LogP contribution in [0.15, 0.2) is 22.7 Å².